The van der Waals surface area contributed by atoms with E-state index in [9.17, 15) is 0 Å². The molecule has 0 radical (unpaired) electrons. The van der Waals surface area contributed by atoms with Crippen LogP contribution in [0.3, 0.4) is 0 Å². The first-order valence-electron chi connectivity index (χ1n) is 6.85. The fourth-order valence-corrected chi connectivity index (χ4v) is 9.33. The monoisotopic (exact) mass is 336 g/mol. The summed E-state index contributed by atoms with van der Waals surface area (Å²) in [6.45, 7) is 4.73. The van der Waals surface area contributed by atoms with Crippen LogP contribution in [0.5, 0.6) is 0 Å². The molecule has 0 aliphatic heterocycles. The summed E-state index contributed by atoms with van der Waals surface area (Å²) in [6, 6.07) is 21.8. The van der Waals surface area contributed by atoms with Crippen molar-refractivity contribution in [2.24, 2.45) is 0 Å². The number of halogens is 1. The maximum atomic E-state index is 4.23. The first kappa shape index (κ1) is 14.8. The third kappa shape index (κ3) is 3.46. The molecule has 102 valence electrons. The Bertz CT molecular complexity index is 519. The summed E-state index contributed by atoms with van der Waals surface area (Å²) < 4.78 is 0. The van der Waals surface area contributed by atoms with Gasteiger partial charge in [0, 0.05) is 0 Å². The second kappa shape index (κ2) is 5.77. The van der Waals surface area contributed by atoms with Gasteiger partial charge in [0.1, 0.15) is 0 Å². The Labute approximate surface area is 124 Å². The van der Waals surface area contributed by atoms with Crippen molar-refractivity contribution < 1.29 is 0 Å². The summed E-state index contributed by atoms with van der Waals surface area (Å²) in [5.41, 5.74) is 1.43. The van der Waals surface area contributed by atoms with E-state index in [1.165, 1.54) is 23.5 Å². The van der Waals surface area contributed by atoms with Gasteiger partial charge in [0.25, 0.3) is 0 Å². The fourth-order valence-electron chi connectivity index (χ4n) is 2.78. The van der Waals surface area contributed by atoms with Crippen LogP contribution < -0.4 is 5.30 Å². The summed E-state index contributed by atoms with van der Waals surface area (Å²) in [5.74, 6) is 0. The van der Waals surface area contributed by atoms with Gasteiger partial charge in [-0.25, -0.2) is 0 Å². The molecule has 0 aliphatic carbocycles. The predicted molar refractivity (Wildman–Crippen MR) is 93.2 cm³/mol. The molecule has 0 fully saturated rings. The van der Waals surface area contributed by atoms with Crippen LogP contribution in [0.4, 0.5) is 0 Å². The maximum absolute atomic E-state index is 4.23. The summed E-state index contributed by atoms with van der Waals surface area (Å²) in [7, 11) is 0. The molecular weight excluding hydrogens is 315 g/mol. The van der Waals surface area contributed by atoms with Gasteiger partial charge >= 0.3 is 125 Å². The van der Waals surface area contributed by atoms with Gasteiger partial charge in [-0.05, 0) is 0 Å². The van der Waals surface area contributed by atoms with Gasteiger partial charge in [0.2, 0.25) is 0 Å². The number of hydrogen-bond donors (Lipinski definition) is 0. The Morgan fingerprint density at radius 3 is 1.95 bits per heavy atom. The van der Waals surface area contributed by atoms with Crippen LogP contribution in [-0.4, -0.2) is 12.8 Å². The van der Waals surface area contributed by atoms with Gasteiger partial charge in [-0.2, -0.15) is 0 Å². The van der Waals surface area contributed by atoms with E-state index in [0.29, 0.717) is 0 Å². The van der Waals surface area contributed by atoms with Crippen LogP contribution >= 0.6 is 20.8 Å². The van der Waals surface area contributed by atoms with Crippen LogP contribution in [0.25, 0.3) is 0 Å². The van der Waals surface area contributed by atoms with Gasteiger partial charge in [-0.15, -0.1) is 0 Å². The third-order valence-corrected chi connectivity index (χ3v) is 11.3. The molecule has 2 aromatic rings. The molecule has 0 saturated heterocycles. The van der Waals surface area contributed by atoms with E-state index < -0.39 is 5.31 Å². The van der Waals surface area contributed by atoms with E-state index in [2.05, 4.69) is 89.7 Å². The number of rotatable bonds is 5. The predicted octanol–water partition coefficient (Wildman–Crippen LogP) is 5.42. The molecule has 2 rings (SSSR count). The van der Waals surface area contributed by atoms with E-state index in [1.807, 2.05) is 0 Å². The van der Waals surface area contributed by atoms with Crippen LogP contribution in [0.2, 0.25) is 0 Å². The number of hydrogen-bond acceptors (Lipinski definition) is 0. The average molecular weight is 337 g/mol. The van der Waals surface area contributed by atoms with Crippen LogP contribution in [0.1, 0.15) is 18.9 Å². The van der Waals surface area contributed by atoms with E-state index in [4.69, 9.17) is 0 Å². The molecule has 0 heterocycles. The Morgan fingerprint density at radius 2 is 1.42 bits per heavy atom. The normalized spacial score (nSPS) is 13.7. The zero-order chi connectivity index (χ0) is 13.8. The molecule has 2 heteroatoms. The minimum atomic E-state index is -2.04. The molecule has 0 N–H and O–H groups in total. The zero-order valence-corrected chi connectivity index (χ0v) is 14.2. The van der Waals surface area contributed by atoms with Crippen molar-refractivity contribution in [3.8, 4) is 0 Å². The van der Waals surface area contributed by atoms with Crippen LogP contribution in [0.15, 0.2) is 60.7 Å². The molecule has 0 aromatic heterocycles. The average Bonchev–Trinajstić information content (AvgIpc) is 2.41. The molecule has 0 nitrogen and oxygen atoms in total. The minimum absolute atomic E-state index is 1.13. The fraction of sp³-hybridized carbons (Fsp3) is 0.294. The molecule has 2 aromatic carbocycles. The SMILES string of the molecule is CCCP(C)(Br)(Cc1ccccc1)c1ccccc1. The summed E-state index contributed by atoms with van der Waals surface area (Å²) in [6.07, 6.45) is 3.58. The topological polar surface area (TPSA) is 0 Å². The summed E-state index contributed by atoms with van der Waals surface area (Å²) in [4.78, 5) is 0. The Hall–Kier alpha value is -0.650. The van der Waals surface area contributed by atoms with Crippen molar-refractivity contribution in [2.75, 3.05) is 12.8 Å². The van der Waals surface area contributed by atoms with E-state index in [-0.39, 0.29) is 0 Å². The Balaban J connectivity index is 2.42. The van der Waals surface area contributed by atoms with Gasteiger partial charge in [-0.3, -0.25) is 0 Å². The Morgan fingerprint density at radius 1 is 0.895 bits per heavy atom. The molecule has 19 heavy (non-hydrogen) atoms. The summed E-state index contributed by atoms with van der Waals surface area (Å²) in [5, 5.41) is -0.553. The third-order valence-electron chi connectivity index (χ3n) is 3.71. The number of benzene rings is 2. The van der Waals surface area contributed by atoms with Crippen molar-refractivity contribution in [3.63, 3.8) is 0 Å². The molecular formula is C17H22BrP. The molecule has 0 atom stereocenters. The second-order valence-corrected chi connectivity index (χ2v) is 16.8. The quantitative estimate of drug-likeness (QED) is 0.640. The van der Waals surface area contributed by atoms with Crippen molar-refractivity contribution in [3.05, 3.63) is 66.2 Å². The van der Waals surface area contributed by atoms with E-state index in [0.717, 1.165) is 6.16 Å². The summed E-state index contributed by atoms with van der Waals surface area (Å²) >= 11 is 4.23. The second-order valence-electron chi connectivity index (χ2n) is 5.59. The molecule has 0 bridgehead atoms. The van der Waals surface area contributed by atoms with Gasteiger partial charge in [-0.1, -0.05) is 0 Å². The van der Waals surface area contributed by atoms with Crippen LogP contribution in [-0.2, 0) is 6.16 Å². The standard InChI is InChI=1S/C17H22BrP/c1-3-14-19(2,18,17-12-8-5-9-13-17)15-16-10-6-4-7-11-16/h4-13H,3,14-15H2,1-2H3. The van der Waals surface area contributed by atoms with Gasteiger partial charge < -0.3 is 0 Å². The van der Waals surface area contributed by atoms with Gasteiger partial charge in [0.15, 0.2) is 0 Å². The first-order valence-corrected chi connectivity index (χ1v) is 11.9. The molecule has 0 spiro atoms. The van der Waals surface area contributed by atoms with Gasteiger partial charge in [0.05, 0.1) is 0 Å². The van der Waals surface area contributed by atoms with Crippen molar-refractivity contribution >= 4 is 26.1 Å². The van der Waals surface area contributed by atoms with E-state index in [1.54, 1.807) is 0 Å². The van der Waals surface area contributed by atoms with Crippen molar-refractivity contribution in [2.45, 2.75) is 19.5 Å². The zero-order valence-electron chi connectivity index (χ0n) is 11.7. The van der Waals surface area contributed by atoms with Crippen molar-refractivity contribution in [1.29, 1.82) is 0 Å². The first-order chi connectivity index (χ1) is 9.03. The Kier molecular flexibility index (Phi) is 4.48. The molecule has 0 aliphatic rings. The van der Waals surface area contributed by atoms with Crippen molar-refractivity contribution in [1.82, 2.24) is 0 Å². The molecule has 0 amide bonds. The van der Waals surface area contributed by atoms with Crippen LogP contribution in [0, 0.1) is 0 Å². The molecule has 0 unspecified atom stereocenters. The van der Waals surface area contributed by atoms with E-state index >= 15 is 0 Å². The molecule has 0 saturated carbocycles.